The zero-order valence-electron chi connectivity index (χ0n) is 8.54. The molecule has 0 bridgehead atoms. The monoisotopic (exact) mass is 217 g/mol. The van der Waals surface area contributed by atoms with Crippen LogP contribution in [0.3, 0.4) is 0 Å². The molecule has 0 spiro atoms. The molecule has 14 heavy (non-hydrogen) atoms. The van der Waals surface area contributed by atoms with Crippen LogP contribution in [0.1, 0.15) is 38.5 Å². The smallest absolute Gasteiger partial charge is 0.153 e. The van der Waals surface area contributed by atoms with Crippen LogP contribution in [0.2, 0.25) is 0 Å². The Hall–Kier alpha value is -0.0900. The first-order valence-electron chi connectivity index (χ1n) is 5.50. The molecule has 0 aromatic carbocycles. The summed E-state index contributed by atoms with van der Waals surface area (Å²) < 4.78 is 23.5. The Morgan fingerprint density at radius 1 is 1.29 bits per heavy atom. The summed E-state index contributed by atoms with van der Waals surface area (Å²) >= 11 is 0. The Kier molecular flexibility index (Phi) is 2.60. The molecule has 2 aliphatic carbocycles. The molecule has 82 valence electrons. The van der Waals surface area contributed by atoms with Gasteiger partial charge in [0.25, 0.3) is 0 Å². The average molecular weight is 217 g/mol. The number of hydrogen-bond acceptors (Lipinski definition) is 3. The largest absolute Gasteiger partial charge is 0.330 e. The van der Waals surface area contributed by atoms with Crippen molar-refractivity contribution in [1.82, 2.24) is 0 Å². The van der Waals surface area contributed by atoms with Crippen molar-refractivity contribution in [3.05, 3.63) is 0 Å². The van der Waals surface area contributed by atoms with Gasteiger partial charge in [0.1, 0.15) is 0 Å². The molecule has 0 aliphatic heterocycles. The minimum Gasteiger partial charge on any atom is -0.330 e. The summed E-state index contributed by atoms with van der Waals surface area (Å²) in [6.45, 7) is 0.660. The van der Waals surface area contributed by atoms with Crippen LogP contribution >= 0.6 is 0 Å². The van der Waals surface area contributed by atoms with Crippen molar-refractivity contribution in [2.45, 2.75) is 43.8 Å². The normalized spacial score (nSPS) is 25.8. The van der Waals surface area contributed by atoms with E-state index in [0.29, 0.717) is 12.3 Å². The first-order valence-corrected chi connectivity index (χ1v) is 7.21. The molecule has 0 atom stereocenters. The van der Waals surface area contributed by atoms with Gasteiger partial charge in [-0.25, -0.2) is 8.42 Å². The van der Waals surface area contributed by atoms with Gasteiger partial charge in [-0.1, -0.05) is 6.42 Å². The summed E-state index contributed by atoms with van der Waals surface area (Å²) in [5, 5.41) is -0.0175. The van der Waals surface area contributed by atoms with E-state index in [9.17, 15) is 8.42 Å². The zero-order chi connectivity index (χ0) is 10.2. The molecule has 0 heterocycles. The Morgan fingerprint density at radius 3 is 2.29 bits per heavy atom. The third-order valence-corrected chi connectivity index (χ3v) is 6.13. The highest BCUT2D eigenvalue weighted by molar-refractivity contribution is 7.92. The number of nitrogens with two attached hydrogens (primary N) is 1. The van der Waals surface area contributed by atoms with Gasteiger partial charge >= 0.3 is 0 Å². The fraction of sp³-hybridized carbons (Fsp3) is 1.00. The van der Waals surface area contributed by atoms with Gasteiger partial charge < -0.3 is 5.73 Å². The quantitative estimate of drug-likeness (QED) is 0.749. The van der Waals surface area contributed by atoms with Crippen molar-refractivity contribution in [3.63, 3.8) is 0 Å². The maximum Gasteiger partial charge on any atom is 0.153 e. The summed E-state index contributed by atoms with van der Waals surface area (Å²) in [5.74, 6) is 0.370. The predicted molar refractivity (Wildman–Crippen MR) is 56.8 cm³/mol. The molecule has 0 amide bonds. The summed E-state index contributed by atoms with van der Waals surface area (Å²) in [5.41, 5.74) is 5.83. The van der Waals surface area contributed by atoms with Crippen LogP contribution in [0.25, 0.3) is 0 Å². The van der Waals surface area contributed by atoms with Gasteiger partial charge in [0.15, 0.2) is 9.84 Å². The number of hydrogen-bond donors (Lipinski definition) is 1. The van der Waals surface area contributed by atoms with E-state index >= 15 is 0 Å². The Bertz CT molecular complexity index is 302. The SMILES string of the molecule is NCC1(CCS(=O)(=O)C2CCC2)CC1. The molecule has 2 rings (SSSR count). The van der Waals surface area contributed by atoms with Crippen molar-refractivity contribution in [2.75, 3.05) is 12.3 Å². The molecule has 0 unspecified atom stereocenters. The van der Waals surface area contributed by atoms with E-state index in [1.165, 1.54) is 0 Å². The molecule has 0 aromatic rings. The van der Waals surface area contributed by atoms with E-state index in [1.807, 2.05) is 0 Å². The van der Waals surface area contributed by atoms with Gasteiger partial charge in [-0.2, -0.15) is 0 Å². The molecular weight excluding hydrogens is 198 g/mol. The molecular formula is C10H19NO2S. The van der Waals surface area contributed by atoms with Crippen molar-refractivity contribution in [3.8, 4) is 0 Å². The molecule has 3 nitrogen and oxygen atoms in total. The van der Waals surface area contributed by atoms with Crippen LogP contribution in [0.5, 0.6) is 0 Å². The minimum absolute atomic E-state index is 0.0175. The van der Waals surface area contributed by atoms with E-state index in [1.54, 1.807) is 0 Å². The molecule has 2 aliphatic rings. The van der Waals surface area contributed by atoms with E-state index < -0.39 is 9.84 Å². The van der Waals surface area contributed by atoms with Crippen LogP contribution < -0.4 is 5.73 Å². The maximum absolute atomic E-state index is 11.8. The van der Waals surface area contributed by atoms with Crippen molar-refractivity contribution in [1.29, 1.82) is 0 Å². The van der Waals surface area contributed by atoms with Gasteiger partial charge in [-0.15, -0.1) is 0 Å². The standard InChI is InChI=1S/C10H19NO2S/c11-8-10(4-5-10)6-7-14(12,13)9-2-1-3-9/h9H,1-8,11H2. The van der Waals surface area contributed by atoms with Crippen LogP contribution in [-0.2, 0) is 9.84 Å². The average Bonchev–Trinajstić information content (AvgIpc) is 2.77. The van der Waals surface area contributed by atoms with Crippen LogP contribution in [0, 0.1) is 5.41 Å². The molecule has 0 aromatic heterocycles. The second kappa shape index (κ2) is 3.49. The Balaban J connectivity index is 1.84. The van der Waals surface area contributed by atoms with Gasteiger partial charge in [0.05, 0.1) is 11.0 Å². The van der Waals surface area contributed by atoms with E-state index in [4.69, 9.17) is 5.73 Å². The van der Waals surface area contributed by atoms with Crippen LogP contribution in [0.4, 0.5) is 0 Å². The number of rotatable bonds is 5. The van der Waals surface area contributed by atoms with E-state index in [2.05, 4.69) is 0 Å². The lowest BCUT2D eigenvalue weighted by Crippen LogP contribution is -2.32. The topological polar surface area (TPSA) is 60.2 Å². The third kappa shape index (κ3) is 1.96. The van der Waals surface area contributed by atoms with Gasteiger partial charge in [0.2, 0.25) is 0 Å². The highest BCUT2D eigenvalue weighted by atomic mass is 32.2. The fourth-order valence-electron chi connectivity index (χ4n) is 1.99. The summed E-state index contributed by atoms with van der Waals surface area (Å²) in [6, 6.07) is 0. The lowest BCUT2D eigenvalue weighted by molar-refractivity contribution is 0.462. The molecule has 4 heteroatoms. The second-order valence-electron chi connectivity index (χ2n) is 4.87. The van der Waals surface area contributed by atoms with Gasteiger partial charge in [-0.3, -0.25) is 0 Å². The van der Waals surface area contributed by atoms with Crippen molar-refractivity contribution >= 4 is 9.84 Å². The third-order valence-electron chi connectivity index (χ3n) is 3.87. The first kappa shape index (κ1) is 10.4. The predicted octanol–water partition coefficient (Wildman–Crippen LogP) is 1.08. The summed E-state index contributed by atoms with van der Waals surface area (Å²) in [4.78, 5) is 0. The molecule has 0 radical (unpaired) electrons. The molecule has 2 saturated carbocycles. The maximum atomic E-state index is 11.8. The highest BCUT2D eigenvalue weighted by Gasteiger charge is 2.42. The van der Waals surface area contributed by atoms with E-state index in [0.717, 1.165) is 38.5 Å². The fourth-order valence-corrected chi connectivity index (χ4v) is 4.09. The zero-order valence-corrected chi connectivity index (χ0v) is 9.35. The highest BCUT2D eigenvalue weighted by Crippen LogP contribution is 2.48. The first-order chi connectivity index (χ1) is 6.58. The lowest BCUT2D eigenvalue weighted by atomic mass is 10.00. The summed E-state index contributed by atoms with van der Waals surface area (Å²) in [7, 11) is -2.78. The lowest BCUT2D eigenvalue weighted by Gasteiger charge is -2.26. The molecule has 0 saturated heterocycles. The van der Waals surface area contributed by atoms with E-state index in [-0.39, 0.29) is 10.7 Å². The molecule has 2 fully saturated rings. The Labute approximate surface area is 86.0 Å². The second-order valence-corrected chi connectivity index (χ2v) is 7.27. The van der Waals surface area contributed by atoms with Gasteiger partial charge in [-0.05, 0) is 44.1 Å². The summed E-state index contributed by atoms with van der Waals surface area (Å²) in [6.07, 6.45) is 5.91. The van der Waals surface area contributed by atoms with Crippen molar-refractivity contribution in [2.24, 2.45) is 11.1 Å². The Morgan fingerprint density at radius 2 is 1.93 bits per heavy atom. The van der Waals surface area contributed by atoms with Crippen LogP contribution in [-0.4, -0.2) is 26.0 Å². The van der Waals surface area contributed by atoms with Crippen LogP contribution in [0.15, 0.2) is 0 Å². The number of sulfone groups is 1. The minimum atomic E-state index is -2.78. The van der Waals surface area contributed by atoms with Crippen molar-refractivity contribution < 1.29 is 8.42 Å². The molecule has 2 N–H and O–H groups in total. The van der Waals surface area contributed by atoms with Gasteiger partial charge in [0, 0.05) is 0 Å².